The van der Waals surface area contributed by atoms with Crippen LogP contribution in [-0.4, -0.2) is 6.71 Å². The Bertz CT molecular complexity index is 1960. The van der Waals surface area contributed by atoms with Crippen molar-refractivity contribution in [1.29, 1.82) is 0 Å². The fraction of sp³-hybridized carbons (Fsp3) is 0.231. The zero-order valence-electron chi connectivity index (χ0n) is 24.0. The van der Waals surface area contributed by atoms with Crippen LogP contribution in [0, 0.1) is 0 Å². The Hall–Kier alpha value is -4.24. The van der Waals surface area contributed by atoms with E-state index < -0.39 is 0 Å². The number of rotatable bonds is 2. The highest BCUT2D eigenvalue weighted by Gasteiger charge is 2.43. The zero-order chi connectivity index (χ0) is 27.4. The zero-order valence-corrected chi connectivity index (χ0v) is 24.0. The van der Waals surface area contributed by atoms with Crippen molar-refractivity contribution in [3.8, 4) is 0 Å². The number of benzene rings is 5. The fourth-order valence-electron chi connectivity index (χ4n) is 8.91. The Balaban J connectivity index is 1.26. The molecule has 2 aliphatic heterocycles. The summed E-state index contributed by atoms with van der Waals surface area (Å²) in [4.78, 5) is 5.17. The molecule has 3 heteroatoms. The van der Waals surface area contributed by atoms with Gasteiger partial charge in [-0.3, -0.25) is 0 Å². The maximum atomic E-state index is 2.61. The van der Waals surface area contributed by atoms with E-state index in [0.29, 0.717) is 0 Å². The van der Waals surface area contributed by atoms with E-state index in [0.717, 1.165) is 0 Å². The number of hydrogen-bond acceptors (Lipinski definition) is 2. The van der Waals surface area contributed by atoms with Crippen LogP contribution in [0.25, 0.3) is 0 Å². The molecule has 0 radical (unpaired) electrons. The maximum Gasteiger partial charge on any atom is 0.252 e. The fourth-order valence-corrected chi connectivity index (χ4v) is 8.91. The largest absolute Gasteiger partial charge is 0.311 e. The summed E-state index contributed by atoms with van der Waals surface area (Å²) in [5.41, 5.74) is 21.5. The summed E-state index contributed by atoms with van der Waals surface area (Å²) in [5, 5.41) is 0. The van der Waals surface area contributed by atoms with Gasteiger partial charge in [0.25, 0.3) is 6.71 Å². The maximum absolute atomic E-state index is 2.61. The molecule has 0 amide bonds. The highest BCUT2D eigenvalue weighted by atomic mass is 15.2. The topological polar surface area (TPSA) is 6.48 Å². The Kier molecular flexibility index (Phi) is 4.80. The summed E-state index contributed by atoms with van der Waals surface area (Å²) in [5.74, 6) is 0. The van der Waals surface area contributed by atoms with Crippen LogP contribution in [0.2, 0.25) is 0 Å². The predicted molar refractivity (Wildman–Crippen MR) is 177 cm³/mol. The van der Waals surface area contributed by atoms with Crippen LogP contribution < -0.4 is 26.2 Å². The number of aryl methyl sites for hydroxylation is 6. The minimum absolute atomic E-state index is 0.227. The van der Waals surface area contributed by atoms with Gasteiger partial charge >= 0.3 is 0 Å². The van der Waals surface area contributed by atoms with E-state index in [1.165, 1.54) is 131 Å². The molecule has 2 heterocycles. The molecule has 0 bridgehead atoms. The summed E-state index contributed by atoms with van der Waals surface area (Å²) < 4.78 is 0. The van der Waals surface area contributed by atoms with Gasteiger partial charge in [-0.05, 0) is 156 Å². The Morgan fingerprint density at radius 2 is 0.929 bits per heavy atom. The number of fused-ring (bicyclic) bond motifs is 7. The normalized spacial score (nSPS) is 17.0. The minimum atomic E-state index is 0.227. The molecule has 2 nitrogen and oxygen atoms in total. The summed E-state index contributed by atoms with van der Waals surface area (Å²) in [6.45, 7) is 0.227. The van der Waals surface area contributed by atoms with Crippen LogP contribution in [0.1, 0.15) is 52.6 Å². The standard InChI is InChI=1S/C39H33BN2/c1-2-14-35-33(13-1)40-34-23-29-11-5-12-30(29)24-38(34)42(32-20-18-26-8-4-10-28(26)22-32)37-16-6-15-36(39(37)40)41(35)31-19-17-25-7-3-9-27(25)21-31/h1-2,6,13-24H,3-5,7-12H2. The molecule has 202 valence electrons. The van der Waals surface area contributed by atoms with Gasteiger partial charge in [0.1, 0.15) is 0 Å². The third-order valence-corrected chi connectivity index (χ3v) is 10.8. The van der Waals surface area contributed by atoms with Gasteiger partial charge in [0, 0.05) is 34.1 Å². The molecule has 0 saturated carbocycles. The summed E-state index contributed by atoms with van der Waals surface area (Å²) >= 11 is 0. The van der Waals surface area contributed by atoms with Crippen LogP contribution in [-0.2, 0) is 38.5 Å². The number of anilines is 6. The second-order valence-corrected chi connectivity index (χ2v) is 13.0. The molecule has 0 N–H and O–H groups in total. The molecule has 5 aromatic rings. The third kappa shape index (κ3) is 3.17. The van der Waals surface area contributed by atoms with E-state index in [-0.39, 0.29) is 6.71 Å². The van der Waals surface area contributed by atoms with Crippen molar-refractivity contribution in [2.45, 2.75) is 57.8 Å². The van der Waals surface area contributed by atoms with Gasteiger partial charge in [0.2, 0.25) is 0 Å². The van der Waals surface area contributed by atoms with Gasteiger partial charge in [-0.2, -0.15) is 0 Å². The molecule has 0 fully saturated rings. The van der Waals surface area contributed by atoms with Gasteiger partial charge in [-0.15, -0.1) is 0 Å². The van der Waals surface area contributed by atoms with Crippen molar-refractivity contribution >= 4 is 57.2 Å². The lowest BCUT2D eigenvalue weighted by molar-refractivity contribution is 0.911. The molecule has 0 aromatic heterocycles. The lowest BCUT2D eigenvalue weighted by atomic mass is 9.33. The number of para-hydroxylation sites is 1. The van der Waals surface area contributed by atoms with E-state index in [1.54, 1.807) is 11.1 Å². The van der Waals surface area contributed by atoms with Gasteiger partial charge in [-0.1, -0.05) is 42.5 Å². The van der Waals surface area contributed by atoms with Crippen molar-refractivity contribution < 1.29 is 0 Å². The van der Waals surface area contributed by atoms with Gasteiger partial charge < -0.3 is 9.80 Å². The molecule has 5 aromatic carbocycles. The van der Waals surface area contributed by atoms with Gasteiger partial charge in [0.15, 0.2) is 0 Å². The number of nitrogens with zero attached hydrogens (tertiary/aromatic N) is 2. The van der Waals surface area contributed by atoms with Crippen molar-refractivity contribution in [3.05, 3.63) is 124 Å². The first-order valence-corrected chi connectivity index (χ1v) is 16.0. The van der Waals surface area contributed by atoms with Crippen LogP contribution in [0.5, 0.6) is 0 Å². The molecular weight excluding hydrogens is 507 g/mol. The lowest BCUT2D eigenvalue weighted by Crippen LogP contribution is -2.61. The second kappa shape index (κ2) is 8.64. The molecule has 0 atom stereocenters. The van der Waals surface area contributed by atoms with E-state index in [1.807, 2.05) is 0 Å². The van der Waals surface area contributed by atoms with Gasteiger partial charge in [0.05, 0.1) is 0 Å². The molecule has 3 aliphatic carbocycles. The minimum Gasteiger partial charge on any atom is -0.311 e. The molecular formula is C39H33BN2. The van der Waals surface area contributed by atoms with Crippen LogP contribution in [0.15, 0.2) is 91.0 Å². The first-order chi connectivity index (χ1) is 20.8. The van der Waals surface area contributed by atoms with E-state index in [4.69, 9.17) is 0 Å². The van der Waals surface area contributed by atoms with Crippen molar-refractivity contribution in [2.75, 3.05) is 9.80 Å². The molecule has 5 aliphatic rings. The molecule has 10 rings (SSSR count). The predicted octanol–water partition coefficient (Wildman–Crippen LogP) is 7.24. The smallest absolute Gasteiger partial charge is 0.252 e. The number of hydrogen-bond donors (Lipinski definition) is 0. The van der Waals surface area contributed by atoms with Gasteiger partial charge in [-0.25, -0.2) is 0 Å². The summed E-state index contributed by atoms with van der Waals surface area (Å²) in [6.07, 6.45) is 11.0. The molecule has 0 spiro atoms. The van der Waals surface area contributed by atoms with E-state index in [9.17, 15) is 0 Å². The molecule has 0 unspecified atom stereocenters. The Morgan fingerprint density at radius 3 is 1.60 bits per heavy atom. The SMILES string of the molecule is c1ccc2c(c1)B1c3cc4c(cc3N(c3ccc5c(c3)CCC5)c3cccc(c31)N2c1ccc2c(c1)CCC2)CCC4. The summed E-state index contributed by atoms with van der Waals surface area (Å²) in [6, 6.07) is 35.9. The quantitative estimate of drug-likeness (QED) is 0.214. The lowest BCUT2D eigenvalue weighted by Gasteiger charge is -2.44. The van der Waals surface area contributed by atoms with Crippen LogP contribution in [0.4, 0.5) is 34.1 Å². The third-order valence-electron chi connectivity index (χ3n) is 10.8. The first-order valence-electron chi connectivity index (χ1n) is 16.0. The first kappa shape index (κ1) is 23.3. The monoisotopic (exact) mass is 540 g/mol. The highest BCUT2D eigenvalue weighted by Crippen LogP contribution is 2.45. The van der Waals surface area contributed by atoms with Crippen LogP contribution in [0.3, 0.4) is 0 Å². The van der Waals surface area contributed by atoms with E-state index in [2.05, 4.69) is 101 Å². The average Bonchev–Trinajstić information content (AvgIpc) is 3.80. The van der Waals surface area contributed by atoms with E-state index >= 15 is 0 Å². The van der Waals surface area contributed by atoms with Crippen molar-refractivity contribution in [1.82, 2.24) is 0 Å². The highest BCUT2D eigenvalue weighted by molar-refractivity contribution is 7.00. The van der Waals surface area contributed by atoms with Crippen molar-refractivity contribution in [3.63, 3.8) is 0 Å². The molecule has 42 heavy (non-hydrogen) atoms. The Morgan fingerprint density at radius 1 is 0.405 bits per heavy atom. The molecule has 0 saturated heterocycles. The van der Waals surface area contributed by atoms with Crippen molar-refractivity contribution in [2.24, 2.45) is 0 Å². The second-order valence-electron chi connectivity index (χ2n) is 13.0. The summed E-state index contributed by atoms with van der Waals surface area (Å²) in [7, 11) is 0. The van der Waals surface area contributed by atoms with Crippen LogP contribution >= 0.6 is 0 Å². The average molecular weight is 541 g/mol. The Labute approximate surface area is 248 Å².